The van der Waals surface area contributed by atoms with Gasteiger partial charge >= 0.3 is 0 Å². The maximum atomic E-state index is 4.54. The summed E-state index contributed by atoms with van der Waals surface area (Å²) >= 11 is 0. The Morgan fingerprint density at radius 1 is 0.861 bits per heavy atom. The van der Waals surface area contributed by atoms with E-state index in [0.717, 1.165) is 55.1 Å². The van der Waals surface area contributed by atoms with Crippen LogP contribution in [0.15, 0.2) is 97.2 Å². The molecular formula is C29H29N7. The van der Waals surface area contributed by atoms with Gasteiger partial charge in [0.05, 0.1) is 11.7 Å². The van der Waals surface area contributed by atoms with Crippen LogP contribution in [0.2, 0.25) is 0 Å². The van der Waals surface area contributed by atoms with E-state index in [1.807, 2.05) is 10.9 Å². The largest absolute Gasteiger partial charge is 0.361 e. The average Bonchev–Trinajstić information content (AvgIpc) is 3.60. The van der Waals surface area contributed by atoms with Crippen LogP contribution in [0.4, 0.5) is 0 Å². The minimum Gasteiger partial charge on any atom is -0.361 e. The molecule has 36 heavy (non-hydrogen) atoms. The molecule has 1 saturated heterocycles. The van der Waals surface area contributed by atoms with Crippen molar-refractivity contribution in [2.45, 2.75) is 6.04 Å². The molecule has 0 amide bonds. The number of hydrogen-bond donors (Lipinski definition) is 1. The first-order chi connectivity index (χ1) is 17.8. The molecule has 0 bridgehead atoms. The van der Waals surface area contributed by atoms with Gasteiger partial charge in [0, 0.05) is 49.8 Å². The van der Waals surface area contributed by atoms with E-state index in [0.29, 0.717) is 0 Å². The van der Waals surface area contributed by atoms with E-state index in [1.54, 1.807) is 0 Å². The van der Waals surface area contributed by atoms with Gasteiger partial charge in [-0.05, 0) is 45.8 Å². The molecule has 1 N–H and O–H groups in total. The summed E-state index contributed by atoms with van der Waals surface area (Å²) in [6.07, 6.45) is 6.42. The van der Waals surface area contributed by atoms with E-state index in [-0.39, 0.29) is 6.04 Å². The molecule has 3 heterocycles. The molecule has 6 rings (SSSR count). The van der Waals surface area contributed by atoms with E-state index >= 15 is 0 Å². The lowest BCUT2D eigenvalue weighted by atomic mass is 10.0. The highest BCUT2D eigenvalue weighted by molar-refractivity contribution is 5.81. The molecule has 1 aliphatic rings. The summed E-state index contributed by atoms with van der Waals surface area (Å²) in [5.74, 6) is 0.841. The molecule has 1 atom stereocenters. The van der Waals surface area contributed by atoms with Gasteiger partial charge in [0.25, 0.3) is 0 Å². The minimum absolute atomic E-state index is 0.0230. The highest BCUT2D eigenvalue weighted by atomic mass is 15.6. The van der Waals surface area contributed by atoms with Crippen molar-refractivity contribution in [2.75, 3.05) is 32.7 Å². The molecule has 1 aliphatic heterocycles. The topological polar surface area (TPSA) is 65.9 Å². The van der Waals surface area contributed by atoms with Gasteiger partial charge in [-0.3, -0.25) is 9.80 Å². The van der Waals surface area contributed by atoms with Crippen molar-refractivity contribution in [3.8, 4) is 5.69 Å². The van der Waals surface area contributed by atoms with E-state index < -0.39 is 0 Å². The van der Waals surface area contributed by atoms with Crippen LogP contribution in [0.1, 0.15) is 23.0 Å². The number of hydrogen-bond acceptors (Lipinski definition) is 5. The van der Waals surface area contributed by atoms with Crippen LogP contribution in [-0.4, -0.2) is 67.7 Å². The van der Waals surface area contributed by atoms with Crippen molar-refractivity contribution in [1.29, 1.82) is 0 Å². The molecule has 180 valence electrons. The van der Waals surface area contributed by atoms with E-state index in [9.17, 15) is 0 Å². The number of nitrogens with zero attached hydrogens (tertiary/aromatic N) is 6. The number of tetrazole rings is 1. The molecule has 7 heteroatoms. The zero-order valence-corrected chi connectivity index (χ0v) is 20.1. The normalized spacial score (nSPS) is 16.1. The first-order valence-electron chi connectivity index (χ1n) is 12.4. The molecule has 5 aromatic rings. The fourth-order valence-corrected chi connectivity index (χ4v) is 4.99. The van der Waals surface area contributed by atoms with Crippen molar-refractivity contribution < 1.29 is 0 Å². The van der Waals surface area contributed by atoms with Crippen molar-refractivity contribution in [2.24, 2.45) is 0 Å². The second-order valence-electron chi connectivity index (χ2n) is 9.16. The van der Waals surface area contributed by atoms with Gasteiger partial charge < -0.3 is 4.98 Å². The fourth-order valence-electron chi connectivity index (χ4n) is 4.99. The third-order valence-corrected chi connectivity index (χ3v) is 6.88. The molecule has 0 saturated carbocycles. The van der Waals surface area contributed by atoms with Crippen LogP contribution in [0.5, 0.6) is 0 Å². The number of aromatic nitrogens is 5. The average molecular weight is 476 g/mol. The van der Waals surface area contributed by atoms with Gasteiger partial charge in [0.1, 0.15) is 0 Å². The third kappa shape index (κ3) is 4.71. The highest BCUT2D eigenvalue weighted by Crippen LogP contribution is 2.30. The zero-order valence-electron chi connectivity index (χ0n) is 20.1. The summed E-state index contributed by atoms with van der Waals surface area (Å²) in [6.45, 7) is 4.84. The summed E-state index contributed by atoms with van der Waals surface area (Å²) in [7, 11) is 0. The number of aromatic amines is 1. The number of piperazine rings is 1. The Bertz CT molecular complexity index is 1430. The third-order valence-electron chi connectivity index (χ3n) is 6.88. The smallest absolute Gasteiger partial charge is 0.178 e. The lowest BCUT2D eigenvalue weighted by Gasteiger charge is -2.38. The van der Waals surface area contributed by atoms with Gasteiger partial charge in [0.15, 0.2) is 5.82 Å². The standard InChI is InChI=1S/C29H29N7/c1-3-8-23(9-4-1)10-7-17-34-18-20-35(21-19-34)28(24-11-5-2-6-12-24)29-31-32-33-36(29)26-13-14-27-25(22-26)15-16-30-27/h1-16,22,28,30H,17-21H2/b10-7+/t28-/m0/s1. The van der Waals surface area contributed by atoms with Gasteiger partial charge in [-0.2, -0.15) is 4.68 Å². The molecule has 3 aromatic carbocycles. The summed E-state index contributed by atoms with van der Waals surface area (Å²) in [6, 6.07) is 29.4. The molecule has 1 fully saturated rings. The summed E-state index contributed by atoms with van der Waals surface area (Å²) in [5, 5.41) is 14.2. The monoisotopic (exact) mass is 475 g/mol. The Morgan fingerprint density at radius 3 is 2.44 bits per heavy atom. The lowest BCUT2D eigenvalue weighted by Crippen LogP contribution is -2.48. The molecular weight excluding hydrogens is 446 g/mol. The Kier molecular flexibility index (Phi) is 6.39. The predicted molar refractivity (Wildman–Crippen MR) is 143 cm³/mol. The molecule has 0 unspecified atom stereocenters. The second kappa shape index (κ2) is 10.3. The highest BCUT2D eigenvalue weighted by Gasteiger charge is 2.30. The van der Waals surface area contributed by atoms with Crippen LogP contribution >= 0.6 is 0 Å². The lowest BCUT2D eigenvalue weighted by molar-refractivity contribution is 0.113. The first-order valence-corrected chi connectivity index (χ1v) is 12.4. The quantitative estimate of drug-likeness (QED) is 0.374. The SMILES string of the molecule is C(=C\c1ccccc1)/CN1CCN([C@@H](c2ccccc2)c2nnnn2-c2ccc3[nH]ccc3c2)CC1. The van der Waals surface area contributed by atoms with Crippen molar-refractivity contribution >= 4 is 17.0 Å². The summed E-state index contributed by atoms with van der Waals surface area (Å²) in [4.78, 5) is 8.26. The maximum absolute atomic E-state index is 4.54. The van der Waals surface area contributed by atoms with E-state index in [1.165, 1.54) is 11.1 Å². The number of H-pyrrole nitrogens is 1. The Morgan fingerprint density at radius 2 is 1.64 bits per heavy atom. The number of rotatable bonds is 7. The molecule has 2 aromatic heterocycles. The zero-order chi connectivity index (χ0) is 24.2. The van der Waals surface area contributed by atoms with Crippen LogP contribution in [0.3, 0.4) is 0 Å². The van der Waals surface area contributed by atoms with Crippen molar-refractivity contribution in [3.05, 3.63) is 114 Å². The number of fused-ring (bicyclic) bond motifs is 1. The van der Waals surface area contributed by atoms with Crippen molar-refractivity contribution in [3.63, 3.8) is 0 Å². The molecule has 0 aliphatic carbocycles. The van der Waals surface area contributed by atoms with E-state index in [4.69, 9.17) is 0 Å². The predicted octanol–water partition coefficient (Wildman–Crippen LogP) is 4.56. The Balaban J connectivity index is 1.23. The van der Waals surface area contributed by atoms with Gasteiger partial charge in [-0.15, -0.1) is 5.10 Å². The van der Waals surface area contributed by atoms with E-state index in [2.05, 4.69) is 127 Å². The van der Waals surface area contributed by atoms with Gasteiger partial charge in [0.2, 0.25) is 0 Å². The Hall–Kier alpha value is -4.07. The van der Waals surface area contributed by atoms with Gasteiger partial charge in [-0.25, -0.2) is 0 Å². The molecule has 7 nitrogen and oxygen atoms in total. The minimum atomic E-state index is -0.0230. The number of benzene rings is 3. The van der Waals surface area contributed by atoms with Gasteiger partial charge in [-0.1, -0.05) is 72.8 Å². The maximum Gasteiger partial charge on any atom is 0.178 e. The number of nitrogens with one attached hydrogen (secondary N) is 1. The van der Waals surface area contributed by atoms with Crippen LogP contribution in [0, 0.1) is 0 Å². The van der Waals surface area contributed by atoms with Crippen LogP contribution in [0.25, 0.3) is 22.7 Å². The molecule has 0 spiro atoms. The second-order valence-corrected chi connectivity index (χ2v) is 9.16. The summed E-state index contributed by atoms with van der Waals surface area (Å²) < 4.78 is 1.89. The molecule has 0 radical (unpaired) electrons. The van der Waals surface area contributed by atoms with Crippen molar-refractivity contribution in [1.82, 2.24) is 35.0 Å². The Labute approximate surface area is 210 Å². The summed E-state index contributed by atoms with van der Waals surface area (Å²) in [5.41, 5.74) is 4.51. The fraction of sp³-hybridized carbons (Fsp3) is 0.207. The first kappa shape index (κ1) is 22.4. The van der Waals surface area contributed by atoms with Crippen LogP contribution in [-0.2, 0) is 0 Å². The van der Waals surface area contributed by atoms with Crippen LogP contribution < -0.4 is 0 Å².